The second-order valence-electron chi connectivity index (χ2n) is 5.76. The molecule has 5 heteroatoms. The summed E-state index contributed by atoms with van der Waals surface area (Å²) >= 11 is 0. The molecular formula is C15H20N2O2S. The zero-order valence-corrected chi connectivity index (χ0v) is 12.5. The molecule has 1 heterocycles. The molecule has 1 aliphatic carbocycles. The van der Waals surface area contributed by atoms with Crippen LogP contribution >= 0.6 is 0 Å². The number of nitrogens with one attached hydrogen (secondary N) is 1. The number of H-pyrrole nitrogens is 1. The van der Waals surface area contributed by atoms with Gasteiger partial charge in [-0.05, 0) is 31.0 Å². The van der Waals surface area contributed by atoms with E-state index in [1.54, 1.807) is 18.2 Å². The second kappa shape index (κ2) is 5.20. The number of aromatic nitrogens is 2. The van der Waals surface area contributed by atoms with E-state index < -0.39 is 9.84 Å². The summed E-state index contributed by atoms with van der Waals surface area (Å²) in [6.45, 7) is 0. The van der Waals surface area contributed by atoms with Crippen LogP contribution in [-0.2, 0) is 9.84 Å². The summed E-state index contributed by atoms with van der Waals surface area (Å²) in [5.41, 5.74) is 1.68. The van der Waals surface area contributed by atoms with Crippen molar-refractivity contribution in [1.82, 2.24) is 9.97 Å². The number of hydrogen-bond donors (Lipinski definition) is 1. The SMILES string of the molecule is CS(=O)(=O)c1ccc2nc(C3CCCCCC3)[nH]c2c1. The molecule has 1 aromatic heterocycles. The van der Waals surface area contributed by atoms with Crippen LogP contribution in [0.15, 0.2) is 23.1 Å². The fourth-order valence-corrected chi connectivity index (χ4v) is 3.63. The van der Waals surface area contributed by atoms with E-state index in [-0.39, 0.29) is 0 Å². The first kappa shape index (κ1) is 13.6. The van der Waals surface area contributed by atoms with Gasteiger partial charge in [-0.15, -0.1) is 0 Å². The van der Waals surface area contributed by atoms with Gasteiger partial charge in [0, 0.05) is 12.2 Å². The van der Waals surface area contributed by atoms with Crippen molar-refractivity contribution in [3.05, 3.63) is 24.0 Å². The maximum Gasteiger partial charge on any atom is 0.175 e. The van der Waals surface area contributed by atoms with Crippen molar-refractivity contribution in [3.63, 3.8) is 0 Å². The van der Waals surface area contributed by atoms with E-state index >= 15 is 0 Å². The third-order valence-corrected chi connectivity index (χ3v) is 5.25. The highest BCUT2D eigenvalue weighted by Gasteiger charge is 2.18. The molecular weight excluding hydrogens is 272 g/mol. The average molecular weight is 292 g/mol. The van der Waals surface area contributed by atoms with Gasteiger partial charge in [0.05, 0.1) is 15.9 Å². The Bertz CT molecular complexity index is 711. The van der Waals surface area contributed by atoms with Crippen LogP contribution in [0.1, 0.15) is 50.3 Å². The zero-order valence-electron chi connectivity index (χ0n) is 11.7. The Balaban J connectivity index is 1.97. The van der Waals surface area contributed by atoms with Crippen LogP contribution in [0.3, 0.4) is 0 Å². The molecule has 1 aromatic carbocycles. The highest BCUT2D eigenvalue weighted by Crippen LogP contribution is 2.31. The highest BCUT2D eigenvalue weighted by atomic mass is 32.2. The zero-order chi connectivity index (χ0) is 14.2. The molecule has 0 atom stereocenters. The lowest BCUT2D eigenvalue weighted by Crippen LogP contribution is -1.99. The fourth-order valence-electron chi connectivity index (χ4n) is 2.99. The normalized spacial score (nSPS) is 18.2. The fraction of sp³-hybridized carbons (Fsp3) is 0.533. The summed E-state index contributed by atoms with van der Waals surface area (Å²) in [6.07, 6.45) is 8.74. The van der Waals surface area contributed by atoms with Crippen molar-refractivity contribution in [1.29, 1.82) is 0 Å². The summed E-state index contributed by atoms with van der Waals surface area (Å²) in [7, 11) is -3.16. The van der Waals surface area contributed by atoms with Gasteiger partial charge < -0.3 is 4.98 Å². The molecule has 2 aromatic rings. The Labute approximate surface area is 119 Å². The summed E-state index contributed by atoms with van der Waals surface area (Å²) in [6, 6.07) is 5.12. The maximum absolute atomic E-state index is 11.6. The Morgan fingerprint density at radius 2 is 1.85 bits per heavy atom. The molecule has 0 amide bonds. The number of benzene rings is 1. The molecule has 1 N–H and O–H groups in total. The van der Waals surface area contributed by atoms with E-state index in [0.717, 1.165) is 16.9 Å². The van der Waals surface area contributed by atoms with E-state index in [4.69, 9.17) is 0 Å². The van der Waals surface area contributed by atoms with E-state index in [0.29, 0.717) is 10.8 Å². The van der Waals surface area contributed by atoms with Gasteiger partial charge in [-0.25, -0.2) is 13.4 Å². The van der Waals surface area contributed by atoms with Crippen LogP contribution in [0, 0.1) is 0 Å². The number of rotatable bonds is 2. The van der Waals surface area contributed by atoms with Gasteiger partial charge in [-0.3, -0.25) is 0 Å². The molecule has 1 saturated carbocycles. The number of sulfone groups is 1. The van der Waals surface area contributed by atoms with Gasteiger partial charge in [0.2, 0.25) is 0 Å². The highest BCUT2D eigenvalue weighted by molar-refractivity contribution is 7.90. The molecule has 20 heavy (non-hydrogen) atoms. The monoisotopic (exact) mass is 292 g/mol. The van der Waals surface area contributed by atoms with Crippen LogP contribution in [0.2, 0.25) is 0 Å². The molecule has 0 bridgehead atoms. The van der Waals surface area contributed by atoms with Crippen LogP contribution in [-0.4, -0.2) is 24.6 Å². The largest absolute Gasteiger partial charge is 0.342 e. The Morgan fingerprint density at radius 3 is 2.50 bits per heavy atom. The Kier molecular flexibility index (Phi) is 3.54. The molecule has 0 unspecified atom stereocenters. The van der Waals surface area contributed by atoms with Crippen molar-refractivity contribution >= 4 is 20.9 Å². The van der Waals surface area contributed by atoms with Crippen LogP contribution < -0.4 is 0 Å². The number of hydrogen-bond acceptors (Lipinski definition) is 3. The molecule has 1 fully saturated rings. The summed E-state index contributed by atoms with van der Waals surface area (Å²) in [5, 5.41) is 0. The van der Waals surface area contributed by atoms with Gasteiger partial charge in [0.15, 0.2) is 9.84 Å². The van der Waals surface area contributed by atoms with Gasteiger partial charge in [-0.1, -0.05) is 25.7 Å². The summed E-state index contributed by atoms with van der Waals surface area (Å²) in [4.78, 5) is 8.33. The Hall–Kier alpha value is -1.36. The first-order valence-electron chi connectivity index (χ1n) is 7.24. The first-order chi connectivity index (χ1) is 9.54. The lowest BCUT2D eigenvalue weighted by atomic mass is 10.00. The van der Waals surface area contributed by atoms with Gasteiger partial charge in [-0.2, -0.15) is 0 Å². The van der Waals surface area contributed by atoms with E-state index in [2.05, 4.69) is 9.97 Å². The van der Waals surface area contributed by atoms with Gasteiger partial charge in [0.25, 0.3) is 0 Å². The molecule has 3 rings (SSSR count). The van der Waals surface area contributed by atoms with Crippen LogP contribution in [0.25, 0.3) is 11.0 Å². The molecule has 1 aliphatic rings. The predicted molar refractivity (Wildman–Crippen MR) is 79.6 cm³/mol. The van der Waals surface area contributed by atoms with Gasteiger partial charge >= 0.3 is 0 Å². The quantitative estimate of drug-likeness (QED) is 0.863. The second-order valence-corrected chi connectivity index (χ2v) is 7.78. The minimum Gasteiger partial charge on any atom is -0.342 e. The lowest BCUT2D eigenvalue weighted by Gasteiger charge is -2.09. The van der Waals surface area contributed by atoms with Crippen molar-refractivity contribution < 1.29 is 8.42 Å². The third-order valence-electron chi connectivity index (χ3n) is 4.14. The maximum atomic E-state index is 11.6. The molecule has 108 valence electrons. The molecule has 4 nitrogen and oxygen atoms in total. The number of fused-ring (bicyclic) bond motifs is 1. The number of nitrogens with zero attached hydrogens (tertiary/aromatic N) is 1. The third kappa shape index (κ3) is 2.73. The number of imidazole rings is 1. The topological polar surface area (TPSA) is 62.8 Å². The number of aromatic amines is 1. The van der Waals surface area contributed by atoms with E-state index in [1.807, 2.05) is 0 Å². The van der Waals surface area contributed by atoms with Crippen molar-refractivity contribution in [2.45, 2.75) is 49.3 Å². The molecule has 0 aliphatic heterocycles. The first-order valence-corrected chi connectivity index (χ1v) is 9.13. The smallest absolute Gasteiger partial charge is 0.175 e. The minimum atomic E-state index is -3.16. The Morgan fingerprint density at radius 1 is 1.15 bits per heavy atom. The minimum absolute atomic E-state index is 0.348. The van der Waals surface area contributed by atoms with Crippen LogP contribution in [0.4, 0.5) is 0 Å². The molecule has 0 radical (unpaired) electrons. The van der Waals surface area contributed by atoms with Crippen LogP contribution in [0.5, 0.6) is 0 Å². The van der Waals surface area contributed by atoms with E-state index in [1.165, 1.54) is 44.8 Å². The van der Waals surface area contributed by atoms with Crippen molar-refractivity contribution in [2.75, 3.05) is 6.26 Å². The predicted octanol–water partition coefficient (Wildman–Crippen LogP) is 3.40. The molecule has 0 spiro atoms. The lowest BCUT2D eigenvalue weighted by molar-refractivity contribution is 0.567. The summed E-state index contributed by atoms with van der Waals surface area (Å²) in [5.74, 6) is 1.51. The van der Waals surface area contributed by atoms with Crippen molar-refractivity contribution in [2.24, 2.45) is 0 Å². The van der Waals surface area contributed by atoms with Crippen molar-refractivity contribution in [3.8, 4) is 0 Å². The van der Waals surface area contributed by atoms with E-state index in [9.17, 15) is 8.42 Å². The summed E-state index contributed by atoms with van der Waals surface area (Å²) < 4.78 is 23.2. The standard InChI is InChI=1S/C15H20N2O2S/c1-20(18,19)12-8-9-13-14(10-12)17-15(16-13)11-6-4-2-3-5-7-11/h8-11H,2-7H2,1H3,(H,16,17). The van der Waals surface area contributed by atoms with Gasteiger partial charge in [0.1, 0.15) is 5.82 Å². The molecule has 0 saturated heterocycles. The average Bonchev–Trinajstić information content (AvgIpc) is 2.63.